The monoisotopic (exact) mass is 445 g/mol. The van der Waals surface area contributed by atoms with Crippen molar-refractivity contribution in [2.24, 2.45) is 0 Å². The standard InChI is InChI=1S/C23H31N3O4S/c1-4-22(26(31(3,28)29)19-8-6-5-7-9-19)23(27)24-18-10-12-20(13-11-18)30-21-14-16-25(2)17-15-21/h5-13,21-22H,4,14-17H2,1-3H3,(H,24,27)/t22-/m0/s1. The number of sulfonamides is 1. The number of carbonyl (C=O) groups is 1. The fourth-order valence-electron chi connectivity index (χ4n) is 3.77. The van der Waals surface area contributed by atoms with Crippen LogP contribution >= 0.6 is 0 Å². The molecule has 1 aliphatic rings. The summed E-state index contributed by atoms with van der Waals surface area (Å²) in [7, 11) is -1.53. The van der Waals surface area contributed by atoms with Gasteiger partial charge in [-0.25, -0.2) is 8.42 Å². The van der Waals surface area contributed by atoms with Crippen LogP contribution in [0, 0.1) is 0 Å². The number of nitrogens with zero attached hydrogens (tertiary/aromatic N) is 2. The number of para-hydroxylation sites is 1. The Bertz CT molecular complexity index is 956. The summed E-state index contributed by atoms with van der Waals surface area (Å²) in [4.78, 5) is 15.3. The van der Waals surface area contributed by atoms with Crippen molar-refractivity contribution < 1.29 is 17.9 Å². The smallest absolute Gasteiger partial charge is 0.248 e. The quantitative estimate of drug-likeness (QED) is 0.674. The number of piperidine rings is 1. The zero-order valence-electron chi connectivity index (χ0n) is 18.3. The van der Waals surface area contributed by atoms with Gasteiger partial charge in [-0.05, 0) is 62.7 Å². The predicted molar refractivity (Wildman–Crippen MR) is 124 cm³/mol. The molecular formula is C23H31N3O4S. The molecule has 1 atom stereocenters. The van der Waals surface area contributed by atoms with Crippen LogP contribution in [-0.4, -0.2) is 57.8 Å². The molecule has 0 spiro atoms. The Morgan fingerprint density at radius 3 is 2.29 bits per heavy atom. The molecule has 1 N–H and O–H groups in total. The summed E-state index contributed by atoms with van der Waals surface area (Å²) in [5.41, 5.74) is 1.06. The van der Waals surface area contributed by atoms with Crippen LogP contribution in [0.2, 0.25) is 0 Å². The first-order valence-corrected chi connectivity index (χ1v) is 12.4. The molecule has 1 saturated heterocycles. The van der Waals surface area contributed by atoms with Crippen LogP contribution in [-0.2, 0) is 14.8 Å². The third-order valence-electron chi connectivity index (χ3n) is 5.43. The number of anilines is 2. The van der Waals surface area contributed by atoms with Crippen molar-refractivity contribution in [3.05, 3.63) is 54.6 Å². The SMILES string of the molecule is CC[C@@H](C(=O)Nc1ccc(OC2CCN(C)CC2)cc1)N(c1ccccc1)S(C)(=O)=O. The fraction of sp³-hybridized carbons (Fsp3) is 0.435. The van der Waals surface area contributed by atoms with Gasteiger partial charge in [0.15, 0.2) is 0 Å². The summed E-state index contributed by atoms with van der Waals surface area (Å²) in [6.45, 7) is 3.84. The van der Waals surface area contributed by atoms with E-state index in [1.165, 1.54) is 4.31 Å². The molecule has 31 heavy (non-hydrogen) atoms. The van der Waals surface area contributed by atoms with Crippen LogP contribution in [0.3, 0.4) is 0 Å². The van der Waals surface area contributed by atoms with Crippen molar-refractivity contribution in [2.75, 3.05) is 36.0 Å². The fourth-order valence-corrected chi connectivity index (χ4v) is 4.98. The summed E-state index contributed by atoms with van der Waals surface area (Å²) in [5.74, 6) is 0.391. The summed E-state index contributed by atoms with van der Waals surface area (Å²) in [5, 5.41) is 2.84. The molecule has 7 nitrogen and oxygen atoms in total. The lowest BCUT2D eigenvalue weighted by Crippen LogP contribution is -2.46. The molecule has 1 fully saturated rings. The number of benzene rings is 2. The van der Waals surface area contributed by atoms with E-state index in [1.54, 1.807) is 49.4 Å². The average molecular weight is 446 g/mol. The maximum absolute atomic E-state index is 13.0. The lowest BCUT2D eigenvalue weighted by molar-refractivity contribution is -0.117. The molecule has 3 rings (SSSR count). The molecule has 0 bridgehead atoms. The molecule has 2 aromatic rings. The Hall–Kier alpha value is -2.58. The normalized spacial score (nSPS) is 16.5. The molecule has 1 heterocycles. The molecular weight excluding hydrogens is 414 g/mol. The van der Waals surface area contributed by atoms with Crippen molar-refractivity contribution in [3.8, 4) is 5.75 Å². The Morgan fingerprint density at radius 2 is 1.74 bits per heavy atom. The van der Waals surface area contributed by atoms with E-state index in [1.807, 2.05) is 12.1 Å². The number of nitrogens with one attached hydrogen (secondary N) is 1. The molecule has 0 aromatic heterocycles. The van der Waals surface area contributed by atoms with Gasteiger partial charge in [0.05, 0.1) is 11.9 Å². The van der Waals surface area contributed by atoms with Crippen LogP contribution in [0.25, 0.3) is 0 Å². The van der Waals surface area contributed by atoms with E-state index in [2.05, 4.69) is 17.3 Å². The maximum atomic E-state index is 13.0. The van der Waals surface area contributed by atoms with Crippen LogP contribution < -0.4 is 14.4 Å². The highest BCUT2D eigenvalue weighted by Gasteiger charge is 2.31. The minimum Gasteiger partial charge on any atom is -0.490 e. The molecule has 168 valence electrons. The largest absolute Gasteiger partial charge is 0.490 e. The third kappa shape index (κ3) is 6.21. The summed E-state index contributed by atoms with van der Waals surface area (Å²) < 4.78 is 32.2. The number of hydrogen-bond donors (Lipinski definition) is 1. The van der Waals surface area contributed by atoms with E-state index in [-0.39, 0.29) is 12.0 Å². The number of amides is 1. The third-order valence-corrected chi connectivity index (χ3v) is 6.61. The van der Waals surface area contributed by atoms with Crippen molar-refractivity contribution in [1.29, 1.82) is 0 Å². The van der Waals surface area contributed by atoms with Crippen molar-refractivity contribution >= 4 is 27.3 Å². The van der Waals surface area contributed by atoms with Gasteiger partial charge in [-0.2, -0.15) is 0 Å². The van der Waals surface area contributed by atoms with E-state index in [0.717, 1.165) is 37.9 Å². The number of rotatable bonds is 8. The number of ether oxygens (including phenoxy) is 1. The minimum atomic E-state index is -3.64. The van der Waals surface area contributed by atoms with E-state index in [0.29, 0.717) is 17.8 Å². The first-order chi connectivity index (χ1) is 14.8. The highest BCUT2D eigenvalue weighted by molar-refractivity contribution is 7.92. The predicted octanol–water partition coefficient (Wildman–Crippen LogP) is 3.34. The molecule has 8 heteroatoms. The summed E-state index contributed by atoms with van der Waals surface area (Å²) >= 11 is 0. The Balaban J connectivity index is 1.68. The van der Waals surface area contributed by atoms with E-state index in [9.17, 15) is 13.2 Å². The van der Waals surface area contributed by atoms with Gasteiger partial charge in [0.2, 0.25) is 15.9 Å². The van der Waals surface area contributed by atoms with Crippen LogP contribution in [0.5, 0.6) is 5.75 Å². The molecule has 1 amide bonds. The molecule has 0 saturated carbocycles. The molecule has 0 radical (unpaired) electrons. The first-order valence-electron chi connectivity index (χ1n) is 10.6. The lowest BCUT2D eigenvalue weighted by atomic mass is 10.1. The van der Waals surface area contributed by atoms with Crippen molar-refractivity contribution in [3.63, 3.8) is 0 Å². The second kappa shape index (κ2) is 10.2. The number of hydrogen-bond acceptors (Lipinski definition) is 5. The number of carbonyl (C=O) groups excluding carboxylic acids is 1. The zero-order chi connectivity index (χ0) is 22.4. The van der Waals surface area contributed by atoms with E-state index in [4.69, 9.17) is 4.74 Å². The van der Waals surface area contributed by atoms with Gasteiger partial charge >= 0.3 is 0 Å². The topological polar surface area (TPSA) is 79.0 Å². The van der Waals surface area contributed by atoms with Gasteiger partial charge in [-0.15, -0.1) is 0 Å². The van der Waals surface area contributed by atoms with Crippen LogP contribution in [0.15, 0.2) is 54.6 Å². The molecule has 2 aromatic carbocycles. The summed E-state index contributed by atoms with van der Waals surface area (Å²) in [6, 6.07) is 15.1. The Labute approximate surface area is 185 Å². The van der Waals surface area contributed by atoms with Gasteiger partial charge in [0, 0.05) is 18.8 Å². The highest BCUT2D eigenvalue weighted by atomic mass is 32.2. The van der Waals surface area contributed by atoms with Crippen LogP contribution in [0.1, 0.15) is 26.2 Å². The highest BCUT2D eigenvalue weighted by Crippen LogP contribution is 2.24. The van der Waals surface area contributed by atoms with Gasteiger partial charge in [-0.1, -0.05) is 25.1 Å². The molecule has 0 unspecified atom stereocenters. The lowest BCUT2D eigenvalue weighted by Gasteiger charge is -2.30. The second-order valence-electron chi connectivity index (χ2n) is 7.95. The van der Waals surface area contributed by atoms with Crippen LogP contribution in [0.4, 0.5) is 11.4 Å². The molecule has 1 aliphatic heterocycles. The van der Waals surface area contributed by atoms with Crippen molar-refractivity contribution in [1.82, 2.24) is 4.90 Å². The van der Waals surface area contributed by atoms with Gasteiger partial charge < -0.3 is 15.0 Å². The second-order valence-corrected chi connectivity index (χ2v) is 9.81. The van der Waals surface area contributed by atoms with Gasteiger partial charge in [0.1, 0.15) is 17.9 Å². The summed E-state index contributed by atoms with van der Waals surface area (Å²) in [6.07, 6.45) is 3.65. The Kier molecular flexibility index (Phi) is 7.56. The van der Waals surface area contributed by atoms with E-state index < -0.39 is 16.1 Å². The molecule has 0 aliphatic carbocycles. The maximum Gasteiger partial charge on any atom is 0.248 e. The number of likely N-dealkylation sites (tertiary alicyclic amines) is 1. The minimum absolute atomic E-state index is 0.204. The van der Waals surface area contributed by atoms with Crippen molar-refractivity contribution in [2.45, 2.75) is 38.3 Å². The Morgan fingerprint density at radius 1 is 1.13 bits per heavy atom. The van der Waals surface area contributed by atoms with E-state index >= 15 is 0 Å². The first kappa shape index (κ1) is 23.1. The zero-order valence-corrected chi connectivity index (χ0v) is 19.1. The van der Waals surface area contributed by atoms with Gasteiger partial charge in [-0.3, -0.25) is 9.10 Å². The van der Waals surface area contributed by atoms with Gasteiger partial charge in [0.25, 0.3) is 0 Å². The average Bonchev–Trinajstić information content (AvgIpc) is 2.74.